The zero-order valence-corrected chi connectivity index (χ0v) is 10.2. The minimum absolute atomic E-state index is 0.579. The molecule has 21 heavy (non-hydrogen) atoms. The number of nitrogens with zero attached hydrogens (tertiary/aromatic N) is 1. The van der Waals surface area contributed by atoms with Crippen LogP contribution in [0.5, 0.6) is 0 Å². The normalized spacial score (nSPS) is 11.4. The summed E-state index contributed by atoms with van der Waals surface area (Å²) in [6.45, 7) is 0. The van der Waals surface area contributed by atoms with Crippen LogP contribution in [-0.2, 0) is 9.59 Å². The van der Waals surface area contributed by atoms with Crippen LogP contribution in [0.1, 0.15) is 16.8 Å². The van der Waals surface area contributed by atoms with E-state index in [0.717, 1.165) is 6.20 Å². The number of aromatic amines is 1. The third-order valence-electron chi connectivity index (χ3n) is 2.33. The molecule has 0 aliphatic rings. The van der Waals surface area contributed by atoms with Gasteiger partial charge < -0.3 is 20.5 Å². The van der Waals surface area contributed by atoms with Gasteiger partial charge in [-0.05, 0) is 0 Å². The van der Waals surface area contributed by atoms with E-state index in [1.54, 1.807) is 0 Å². The minimum Gasteiger partial charge on any atom is -0.481 e. The summed E-state index contributed by atoms with van der Waals surface area (Å²) in [7, 11) is 0. The first-order valence-electron chi connectivity index (χ1n) is 5.35. The number of hydrogen-bond donors (Lipinski definition) is 4. The number of carboxylic acids is 2. The maximum atomic E-state index is 11.7. The molecule has 11 heteroatoms. The van der Waals surface area contributed by atoms with Gasteiger partial charge in [0.25, 0.3) is 17.2 Å². The monoisotopic (exact) mass is 299 g/mol. The number of nitrogens with one attached hydrogen (secondary N) is 2. The van der Waals surface area contributed by atoms with Crippen molar-refractivity contribution in [3.8, 4) is 0 Å². The van der Waals surface area contributed by atoms with Gasteiger partial charge in [-0.2, -0.15) is 0 Å². The molecule has 1 rings (SSSR count). The SMILES string of the molecule is O=C(O)CC(NC(=O)c1cc([N+](=O)[O-])c[nH]c1=O)C(=O)O. The van der Waals surface area contributed by atoms with Crippen LogP contribution < -0.4 is 10.9 Å². The average Bonchev–Trinajstić information content (AvgIpc) is 2.37. The van der Waals surface area contributed by atoms with E-state index in [2.05, 4.69) is 0 Å². The lowest BCUT2D eigenvalue weighted by atomic mass is 10.2. The van der Waals surface area contributed by atoms with Crippen molar-refractivity contribution in [3.05, 3.63) is 38.3 Å². The van der Waals surface area contributed by atoms with Gasteiger partial charge in [0.2, 0.25) is 0 Å². The molecule has 4 N–H and O–H groups in total. The first-order chi connectivity index (χ1) is 9.72. The topological polar surface area (TPSA) is 180 Å². The Hall–Kier alpha value is -3.24. The van der Waals surface area contributed by atoms with E-state index >= 15 is 0 Å². The van der Waals surface area contributed by atoms with Crippen molar-refractivity contribution in [2.45, 2.75) is 12.5 Å². The Balaban J connectivity index is 3.05. The molecule has 1 heterocycles. The highest BCUT2D eigenvalue weighted by atomic mass is 16.6. The predicted molar refractivity (Wildman–Crippen MR) is 64.9 cm³/mol. The molecule has 0 aliphatic heterocycles. The molecule has 112 valence electrons. The van der Waals surface area contributed by atoms with E-state index in [4.69, 9.17) is 10.2 Å². The highest BCUT2D eigenvalue weighted by Gasteiger charge is 2.25. The molecule has 1 aromatic rings. The fraction of sp³-hybridized carbons (Fsp3) is 0.200. The summed E-state index contributed by atoms with van der Waals surface area (Å²) in [4.78, 5) is 56.0. The fourth-order valence-corrected chi connectivity index (χ4v) is 1.36. The summed E-state index contributed by atoms with van der Waals surface area (Å²) in [5, 5.41) is 29.6. The van der Waals surface area contributed by atoms with Crippen LogP contribution in [0.4, 0.5) is 5.69 Å². The van der Waals surface area contributed by atoms with Crippen molar-refractivity contribution < 1.29 is 29.5 Å². The first kappa shape index (κ1) is 15.8. The summed E-state index contributed by atoms with van der Waals surface area (Å²) in [6.07, 6.45) is -0.140. The third kappa shape index (κ3) is 4.12. The number of hydrogen-bond acceptors (Lipinski definition) is 6. The largest absolute Gasteiger partial charge is 0.481 e. The number of carbonyl (C=O) groups is 3. The van der Waals surface area contributed by atoms with Gasteiger partial charge in [-0.1, -0.05) is 0 Å². The highest BCUT2D eigenvalue weighted by Crippen LogP contribution is 2.08. The van der Waals surface area contributed by atoms with E-state index in [1.807, 2.05) is 10.3 Å². The Labute approximate surface area is 115 Å². The molecule has 1 amide bonds. The number of carbonyl (C=O) groups excluding carboxylic acids is 1. The fourth-order valence-electron chi connectivity index (χ4n) is 1.36. The maximum Gasteiger partial charge on any atom is 0.326 e. The zero-order valence-electron chi connectivity index (χ0n) is 10.2. The molecule has 1 unspecified atom stereocenters. The summed E-state index contributed by atoms with van der Waals surface area (Å²) in [5.74, 6) is -4.32. The van der Waals surface area contributed by atoms with Gasteiger partial charge in [-0.25, -0.2) is 4.79 Å². The molecule has 1 atom stereocenters. The molecular formula is C10H9N3O8. The molecule has 0 spiro atoms. The number of rotatable bonds is 6. The molecule has 0 bridgehead atoms. The van der Waals surface area contributed by atoms with Gasteiger partial charge in [0.1, 0.15) is 11.6 Å². The predicted octanol–water partition coefficient (Wildman–Crippen LogP) is -1.06. The van der Waals surface area contributed by atoms with Crippen LogP contribution in [0.25, 0.3) is 0 Å². The highest BCUT2D eigenvalue weighted by molar-refractivity contribution is 5.97. The van der Waals surface area contributed by atoms with Crippen LogP contribution in [0.2, 0.25) is 0 Å². The van der Waals surface area contributed by atoms with Gasteiger partial charge in [-0.3, -0.25) is 24.5 Å². The van der Waals surface area contributed by atoms with Gasteiger partial charge in [0.15, 0.2) is 0 Å². The number of H-pyrrole nitrogens is 1. The Bertz CT molecular complexity index is 665. The number of aliphatic carboxylic acids is 2. The lowest BCUT2D eigenvalue weighted by molar-refractivity contribution is -0.385. The number of carboxylic acid groups (broad SMARTS) is 2. The molecule has 0 aliphatic carbocycles. The average molecular weight is 299 g/mol. The maximum absolute atomic E-state index is 11.7. The Morgan fingerprint density at radius 1 is 1.38 bits per heavy atom. The molecule has 11 nitrogen and oxygen atoms in total. The third-order valence-corrected chi connectivity index (χ3v) is 2.33. The lowest BCUT2D eigenvalue weighted by Gasteiger charge is -2.11. The van der Waals surface area contributed by atoms with Crippen LogP contribution in [0.15, 0.2) is 17.1 Å². The Kier molecular flexibility index (Phi) is 4.72. The molecular weight excluding hydrogens is 290 g/mol. The van der Waals surface area contributed by atoms with Crippen molar-refractivity contribution in [1.82, 2.24) is 10.3 Å². The van der Waals surface area contributed by atoms with Gasteiger partial charge in [0.05, 0.1) is 17.5 Å². The summed E-state index contributed by atoms with van der Waals surface area (Å²) < 4.78 is 0. The van der Waals surface area contributed by atoms with E-state index in [9.17, 15) is 29.3 Å². The van der Waals surface area contributed by atoms with Gasteiger partial charge in [-0.15, -0.1) is 0 Å². The van der Waals surface area contributed by atoms with E-state index in [1.165, 1.54) is 0 Å². The summed E-state index contributed by atoms with van der Waals surface area (Å²) in [5.41, 5.74) is -2.25. The molecule has 0 saturated carbocycles. The Morgan fingerprint density at radius 2 is 2.00 bits per heavy atom. The van der Waals surface area contributed by atoms with Crippen molar-refractivity contribution in [1.29, 1.82) is 0 Å². The molecule has 0 saturated heterocycles. The van der Waals surface area contributed by atoms with Gasteiger partial charge >= 0.3 is 11.9 Å². The van der Waals surface area contributed by atoms with E-state index < -0.39 is 52.0 Å². The summed E-state index contributed by atoms with van der Waals surface area (Å²) in [6, 6.07) is -1.11. The van der Waals surface area contributed by atoms with Crippen LogP contribution in [0, 0.1) is 10.1 Å². The second kappa shape index (κ2) is 6.27. The molecule has 0 fully saturated rings. The second-order valence-corrected chi connectivity index (χ2v) is 3.82. The van der Waals surface area contributed by atoms with E-state index in [-0.39, 0.29) is 0 Å². The van der Waals surface area contributed by atoms with Crippen LogP contribution in [0.3, 0.4) is 0 Å². The standard InChI is InChI=1S/C10H9N3O8/c14-7(15)2-6(10(18)19)12-9(17)5-1-4(13(20)21)3-11-8(5)16/h1,3,6H,2H2,(H,11,16)(H,12,17)(H,14,15)(H,18,19). The Morgan fingerprint density at radius 3 is 2.48 bits per heavy atom. The van der Waals surface area contributed by atoms with Crippen LogP contribution in [-0.4, -0.2) is 44.0 Å². The van der Waals surface area contributed by atoms with E-state index in [0.29, 0.717) is 6.07 Å². The number of amides is 1. The molecule has 1 aromatic heterocycles. The van der Waals surface area contributed by atoms with Gasteiger partial charge in [0, 0.05) is 6.07 Å². The van der Waals surface area contributed by atoms with Crippen molar-refractivity contribution in [2.75, 3.05) is 0 Å². The molecule has 0 radical (unpaired) electrons. The van der Waals surface area contributed by atoms with Crippen molar-refractivity contribution in [3.63, 3.8) is 0 Å². The minimum atomic E-state index is -1.77. The van der Waals surface area contributed by atoms with Crippen LogP contribution >= 0.6 is 0 Å². The number of nitro groups is 1. The van der Waals surface area contributed by atoms with Crippen molar-refractivity contribution >= 4 is 23.5 Å². The zero-order chi connectivity index (χ0) is 16.2. The quantitative estimate of drug-likeness (QED) is 0.379. The second-order valence-electron chi connectivity index (χ2n) is 3.82. The summed E-state index contributed by atoms with van der Waals surface area (Å²) >= 11 is 0. The first-order valence-corrected chi connectivity index (χ1v) is 5.35. The number of pyridine rings is 1. The smallest absolute Gasteiger partial charge is 0.326 e. The van der Waals surface area contributed by atoms with Crippen molar-refractivity contribution in [2.24, 2.45) is 0 Å². The molecule has 0 aromatic carbocycles. The number of aromatic nitrogens is 1. The lowest BCUT2D eigenvalue weighted by Crippen LogP contribution is -2.43.